The van der Waals surface area contributed by atoms with Crippen molar-refractivity contribution in [2.75, 3.05) is 26.8 Å². The lowest BCUT2D eigenvalue weighted by molar-refractivity contribution is -0.261. The summed E-state index contributed by atoms with van der Waals surface area (Å²) in [5.74, 6) is -0.704. The SMILES string of the molecule is [3H]C[C@@H]1CN(C(=O)CCC(=O)OC)C[C@@H]1OC(OCCC#N)N(C(C)C)C(C)C. The molecule has 0 spiro atoms. The maximum Gasteiger partial charge on any atom is 0.306 e. The zero-order valence-corrected chi connectivity index (χ0v) is 17.7. The number of nitrogens with zero attached hydrogens (tertiary/aromatic N) is 3. The van der Waals surface area contributed by atoms with E-state index in [-0.39, 0.29) is 62.8 Å². The van der Waals surface area contributed by atoms with Gasteiger partial charge in [-0.1, -0.05) is 6.90 Å². The van der Waals surface area contributed by atoms with Gasteiger partial charge in [-0.3, -0.25) is 14.5 Å². The van der Waals surface area contributed by atoms with E-state index in [1.54, 1.807) is 4.90 Å². The van der Waals surface area contributed by atoms with Crippen LogP contribution in [0.25, 0.3) is 0 Å². The first-order chi connectivity index (χ1) is 13.7. The van der Waals surface area contributed by atoms with E-state index in [1.165, 1.54) is 7.11 Å². The van der Waals surface area contributed by atoms with Gasteiger partial charge in [-0.15, -0.1) is 0 Å². The minimum absolute atomic E-state index is 0.0390. The topological polar surface area (TPSA) is 92.1 Å². The van der Waals surface area contributed by atoms with Crippen molar-refractivity contribution < 1.29 is 25.2 Å². The van der Waals surface area contributed by atoms with E-state index in [1.807, 2.05) is 27.7 Å². The van der Waals surface area contributed by atoms with E-state index in [0.29, 0.717) is 13.1 Å². The van der Waals surface area contributed by atoms with Gasteiger partial charge in [-0.05, 0) is 27.7 Å². The summed E-state index contributed by atoms with van der Waals surface area (Å²) >= 11 is 0. The molecule has 0 aromatic rings. The molecule has 1 saturated heterocycles. The zero-order chi connectivity index (χ0) is 22.0. The van der Waals surface area contributed by atoms with E-state index in [9.17, 15) is 9.59 Å². The summed E-state index contributed by atoms with van der Waals surface area (Å²) in [5, 5.41) is 8.82. The number of carbonyl (C=O) groups excluding carboxylic acids is 2. The summed E-state index contributed by atoms with van der Waals surface area (Å²) in [6.45, 7) is 9.32. The Labute approximate surface area is 170 Å². The molecule has 160 valence electrons. The van der Waals surface area contributed by atoms with Crippen LogP contribution in [-0.4, -0.2) is 73.1 Å². The highest BCUT2D eigenvalue weighted by Gasteiger charge is 2.37. The Kier molecular flexibility index (Phi) is 9.68. The lowest BCUT2D eigenvalue weighted by Crippen LogP contribution is -2.50. The second-order valence-corrected chi connectivity index (χ2v) is 7.53. The molecule has 1 aliphatic heterocycles. The molecule has 0 N–H and O–H groups in total. The number of nitriles is 1. The Hall–Kier alpha value is -1.69. The molecule has 0 radical (unpaired) electrons. The first kappa shape index (κ1) is 22.6. The number of hydrogen-bond acceptors (Lipinski definition) is 7. The van der Waals surface area contributed by atoms with E-state index < -0.39 is 12.4 Å². The summed E-state index contributed by atoms with van der Waals surface area (Å²) in [6, 6.07) is 2.36. The molecule has 0 aromatic heterocycles. The van der Waals surface area contributed by atoms with Gasteiger partial charge in [-0.2, -0.15) is 5.26 Å². The molecule has 28 heavy (non-hydrogen) atoms. The standard InChI is InChI=1S/C20H35N3O5/c1-14(2)23(15(3)4)20(27-11-7-10-21)28-17-13-22(12-16(17)5)18(24)8-9-19(25)26-6/h14-17,20H,7-9,11-13H2,1-6H3/t16-,17+,20?/m1/s1/i5T. The second-order valence-electron chi connectivity index (χ2n) is 7.53. The number of methoxy groups -OCH3 is 1. The minimum Gasteiger partial charge on any atom is -0.469 e. The van der Waals surface area contributed by atoms with Gasteiger partial charge in [0.2, 0.25) is 12.3 Å². The van der Waals surface area contributed by atoms with Crippen molar-refractivity contribution in [3.05, 3.63) is 0 Å². The number of rotatable bonds is 11. The molecule has 0 aliphatic carbocycles. The fourth-order valence-electron chi connectivity index (χ4n) is 3.30. The van der Waals surface area contributed by atoms with Crippen LogP contribution in [0.5, 0.6) is 0 Å². The summed E-state index contributed by atoms with van der Waals surface area (Å²) in [7, 11) is 1.30. The molecular formula is C20H35N3O5. The third-order valence-corrected chi connectivity index (χ3v) is 4.71. The molecule has 1 unspecified atom stereocenters. The average Bonchev–Trinajstić information content (AvgIpc) is 3.08. The number of hydrogen-bond donors (Lipinski definition) is 0. The summed E-state index contributed by atoms with van der Waals surface area (Å²) in [6.07, 6.45) is -0.628. The van der Waals surface area contributed by atoms with Crippen molar-refractivity contribution in [3.8, 4) is 6.07 Å². The molecule has 8 heteroatoms. The lowest BCUT2D eigenvalue weighted by Gasteiger charge is -2.38. The van der Waals surface area contributed by atoms with Crippen LogP contribution < -0.4 is 0 Å². The fourth-order valence-corrected chi connectivity index (χ4v) is 3.30. The lowest BCUT2D eigenvalue weighted by atomic mass is 10.1. The highest BCUT2D eigenvalue weighted by Crippen LogP contribution is 2.25. The van der Waals surface area contributed by atoms with Crippen LogP contribution in [0.2, 0.25) is 0 Å². The van der Waals surface area contributed by atoms with Crippen molar-refractivity contribution in [1.29, 1.82) is 5.26 Å². The van der Waals surface area contributed by atoms with Gasteiger partial charge in [0.1, 0.15) is 0 Å². The molecule has 1 amide bonds. The van der Waals surface area contributed by atoms with Crippen LogP contribution in [0.15, 0.2) is 0 Å². The van der Waals surface area contributed by atoms with Crippen molar-refractivity contribution in [3.63, 3.8) is 0 Å². The average molecular weight is 400 g/mol. The largest absolute Gasteiger partial charge is 0.469 e. The number of ether oxygens (including phenoxy) is 3. The molecule has 3 atom stereocenters. The number of likely N-dealkylation sites (tertiary alicyclic amines) is 1. The number of carbonyl (C=O) groups is 2. The van der Waals surface area contributed by atoms with Crippen LogP contribution in [0, 0.1) is 17.2 Å². The van der Waals surface area contributed by atoms with Gasteiger partial charge in [0, 0.05) is 38.9 Å². The quantitative estimate of drug-likeness (QED) is 0.298. The fraction of sp³-hybridized carbons (Fsp3) is 0.850. The molecule has 1 heterocycles. The Balaban J connectivity index is 2.83. The Morgan fingerprint density at radius 2 is 1.93 bits per heavy atom. The summed E-state index contributed by atoms with van der Waals surface area (Å²) < 4.78 is 24.6. The molecule has 1 rings (SSSR count). The second kappa shape index (κ2) is 12.0. The third kappa shape index (κ3) is 7.38. The summed E-state index contributed by atoms with van der Waals surface area (Å²) in [4.78, 5) is 27.5. The Morgan fingerprint density at radius 3 is 2.46 bits per heavy atom. The highest BCUT2D eigenvalue weighted by atomic mass is 16.7. The number of esters is 1. The van der Waals surface area contributed by atoms with E-state index in [4.69, 9.17) is 16.1 Å². The molecule has 0 aromatic carbocycles. The predicted molar refractivity (Wildman–Crippen MR) is 104 cm³/mol. The van der Waals surface area contributed by atoms with Crippen LogP contribution in [-0.2, 0) is 23.8 Å². The van der Waals surface area contributed by atoms with Crippen molar-refractivity contribution >= 4 is 11.9 Å². The molecule has 1 aliphatic rings. The first-order valence-corrected chi connectivity index (χ1v) is 9.80. The van der Waals surface area contributed by atoms with Crippen molar-refractivity contribution in [2.24, 2.45) is 5.92 Å². The van der Waals surface area contributed by atoms with Gasteiger partial charge in [0.05, 0.1) is 38.7 Å². The van der Waals surface area contributed by atoms with Crippen LogP contribution >= 0.6 is 0 Å². The van der Waals surface area contributed by atoms with Gasteiger partial charge in [-0.25, -0.2) is 0 Å². The van der Waals surface area contributed by atoms with Crippen LogP contribution in [0.4, 0.5) is 0 Å². The van der Waals surface area contributed by atoms with Gasteiger partial charge < -0.3 is 19.1 Å². The maximum absolute atomic E-state index is 12.4. The van der Waals surface area contributed by atoms with Crippen molar-refractivity contribution in [1.82, 2.24) is 9.80 Å². The van der Waals surface area contributed by atoms with Crippen LogP contribution in [0.1, 0.15) is 55.2 Å². The monoisotopic (exact) mass is 399 g/mol. The summed E-state index contributed by atoms with van der Waals surface area (Å²) in [5.41, 5.74) is 0. The first-order valence-electron chi connectivity index (χ1n) is 10.5. The smallest absolute Gasteiger partial charge is 0.306 e. The highest BCUT2D eigenvalue weighted by molar-refractivity contribution is 5.81. The molecule has 0 saturated carbocycles. The van der Waals surface area contributed by atoms with Gasteiger partial charge in [0.25, 0.3) is 0 Å². The molecule has 1 fully saturated rings. The zero-order valence-electron chi connectivity index (χ0n) is 18.7. The predicted octanol–water partition coefficient (Wildman–Crippen LogP) is 2.14. The number of amides is 1. The minimum atomic E-state index is -0.660. The molecule has 0 bridgehead atoms. The Bertz CT molecular complexity index is 559. The molecule has 8 nitrogen and oxygen atoms in total. The molecular weight excluding hydrogens is 362 g/mol. The maximum atomic E-state index is 12.4. The van der Waals surface area contributed by atoms with Crippen molar-refractivity contribution in [2.45, 2.75) is 78.5 Å². The van der Waals surface area contributed by atoms with Gasteiger partial charge >= 0.3 is 5.97 Å². The normalized spacial score (nSPS) is 21.1. The van der Waals surface area contributed by atoms with Gasteiger partial charge in [0.15, 0.2) is 0 Å². The van der Waals surface area contributed by atoms with E-state index in [2.05, 4.69) is 15.7 Å². The third-order valence-electron chi connectivity index (χ3n) is 4.71. The van der Waals surface area contributed by atoms with E-state index in [0.717, 1.165) is 0 Å². The Morgan fingerprint density at radius 1 is 1.25 bits per heavy atom. The van der Waals surface area contributed by atoms with Crippen LogP contribution in [0.3, 0.4) is 0 Å². The van der Waals surface area contributed by atoms with E-state index >= 15 is 0 Å².